The largest absolute Gasteiger partial charge is 0.494 e. The minimum Gasteiger partial charge on any atom is -0.399 e. The van der Waals surface area contributed by atoms with E-state index < -0.39 is 0 Å². The zero-order chi connectivity index (χ0) is 21.8. The van der Waals surface area contributed by atoms with Gasteiger partial charge in [0.2, 0.25) is 0 Å². The number of aromatic nitrogens is 1. The van der Waals surface area contributed by atoms with Crippen molar-refractivity contribution in [3.63, 3.8) is 0 Å². The van der Waals surface area contributed by atoms with Crippen molar-refractivity contribution in [1.29, 1.82) is 0 Å². The molecular formula is C26H25BClNO2. The second kappa shape index (κ2) is 7.27. The van der Waals surface area contributed by atoms with E-state index in [4.69, 9.17) is 20.9 Å². The SMILES string of the molecule is CC1(C)OB(c2ccc3c(c2)cc(-c2ccc(Cl)cc2)n3-c2ccccc2)OC1(C)C. The van der Waals surface area contributed by atoms with E-state index in [0.29, 0.717) is 0 Å². The number of halogens is 1. The summed E-state index contributed by atoms with van der Waals surface area (Å²) in [5, 5.41) is 1.87. The van der Waals surface area contributed by atoms with Gasteiger partial charge in [-0.15, -0.1) is 0 Å². The molecule has 31 heavy (non-hydrogen) atoms. The molecule has 4 aromatic rings. The second-order valence-electron chi connectivity index (χ2n) is 9.11. The highest BCUT2D eigenvalue weighted by Gasteiger charge is 2.51. The van der Waals surface area contributed by atoms with Crippen molar-refractivity contribution in [3.8, 4) is 16.9 Å². The fourth-order valence-corrected chi connectivity index (χ4v) is 4.17. The van der Waals surface area contributed by atoms with Crippen LogP contribution >= 0.6 is 11.6 Å². The number of benzene rings is 3. The van der Waals surface area contributed by atoms with Crippen LogP contribution in [-0.2, 0) is 9.31 Å². The Kier molecular flexibility index (Phi) is 4.78. The highest BCUT2D eigenvalue weighted by molar-refractivity contribution is 6.62. The summed E-state index contributed by atoms with van der Waals surface area (Å²) in [4.78, 5) is 0. The molecule has 0 aliphatic carbocycles. The van der Waals surface area contributed by atoms with Gasteiger partial charge in [0, 0.05) is 16.1 Å². The predicted octanol–water partition coefficient (Wildman–Crippen LogP) is 6.25. The molecule has 0 spiro atoms. The Morgan fingerprint density at radius 2 is 1.42 bits per heavy atom. The molecular weight excluding hydrogens is 405 g/mol. The highest BCUT2D eigenvalue weighted by Crippen LogP contribution is 2.37. The molecule has 1 saturated heterocycles. The van der Waals surface area contributed by atoms with Crippen LogP contribution in [0.4, 0.5) is 0 Å². The number of nitrogens with zero attached hydrogens (tertiary/aromatic N) is 1. The molecule has 0 amide bonds. The van der Waals surface area contributed by atoms with E-state index in [1.54, 1.807) is 0 Å². The van der Waals surface area contributed by atoms with E-state index in [9.17, 15) is 0 Å². The highest BCUT2D eigenvalue weighted by atomic mass is 35.5. The predicted molar refractivity (Wildman–Crippen MR) is 129 cm³/mol. The van der Waals surface area contributed by atoms with E-state index in [-0.39, 0.29) is 18.3 Å². The molecule has 0 atom stereocenters. The lowest BCUT2D eigenvalue weighted by atomic mass is 9.78. The first-order valence-electron chi connectivity index (χ1n) is 10.6. The third-order valence-corrected chi connectivity index (χ3v) is 6.76. The van der Waals surface area contributed by atoms with E-state index in [1.165, 1.54) is 0 Å². The van der Waals surface area contributed by atoms with Gasteiger partial charge in [-0.3, -0.25) is 0 Å². The average Bonchev–Trinajstić information content (AvgIpc) is 3.22. The summed E-state index contributed by atoms with van der Waals surface area (Å²) in [5.74, 6) is 0. The van der Waals surface area contributed by atoms with Gasteiger partial charge in [0.1, 0.15) is 0 Å². The molecule has 5 heteroatoms. The Morgan fingerprint density at radius 1 is 0.774 bits per heavy atom. The molecule has 5 rings (SSSR count). The van der Waals surface area contributed by atoms with Gasteiger partial charge >= 0.3 is 7.12 Å². The van der Waals surface area contributed by atoms with Crippen molar-refractivity contribution in [3.05, 3.63) is 83.9 Å². The maximum atomic E-state index is 6.27. The third kappa shape index (κ3) is 3.49. The van der Waals surface area contributed by atoms with Crippen molar-refractivity contribution in [2.45, 2.75) is 38.9 Å². The number of para-hydroxylation sites is 1. The summed E-state index contributed by atoms with van der Waals surface area (Å²) >= 11 is 6.14. The molecule has 1 aliphatic heterocycles. The zero-order valence-electron chi connectivity index (χ0n) is 18.2. The molecule has 156 valence electrons. The van der Waals surface area contributed by atoms with E-state index in [2.05, 4.69) is 92.9 Å². The quantitative estimate of drug-likeness (QED) is 0.359. The van der Waals surface area contributed by atoms with Gasteiger partial charge in [0.15, 0.2) is 0 Å². The van der Waals surface area contributed by atoms with Gasteiger partial charge in [0.05, 0.1) is 22.4 Å². The number of rotatable bonds is 3. The zero-order valence-corrected chi connectivity index (χ0v) is 19.0. The molecule has 3 aromatic carbocycles. The van der Waals surface area contributed by atoms with E-state index >= 15 is 0 Å². The summed E-state index contributed by atoms with van der Waals surface area (Å²) in [5.41, 5.74) is 4.78. The van der Waals surface area contributed by atoms with Crippen molar-refractivity contribution < 1.29 is 9.31 Å². The molecule has 1 fully saturated rings. The van der Waals surface area contributed by atoms with Gasteiger partial charge in [-0.2, -0.15) is 0 Å². The Labute approximate surface area is 188 Å². The number of hydrogen-bond donors (Lipinski definition) is 0. The van der Waals surface area contributed by atoms with Gasteiger partial charge < -0.3 is 13.9 Å². The molecule has 1 aliphatic rings. The lowest BCUT2D eigenvalue weighted by Crippen LogP contribution is -2.41. The molecule has 0 radical (unpaired) electrons. The topological polar surface area (TPSA) is 23.4 Å². The van der Waals surface area contributed by atoms with Crippen LogP contribution in [0, 0.1) is 0 Å². The molecule has 1 aromatic heterocycles. The van der Waals surface area contributed by atoms with Crippen molar-refractivity contribution in [2.24, 2.45) is 0 Å². The molecule has 0 bridgehead atoms. The van der Waals surface area contributed by atoms with Crippen LogP contribution in [0.15, 0.2) is 78.9 Å². The average molecular weight is 430 g/mol. The van der Waals surface area contributed by atoms with Crippen LogP contribution in [0.2, 0.25) is 5.02 Å². The van der Waals surface area contributed by atoms with Crippen LogP contribution in [-0.4, -0.2) is 22.9 Å². The molecule has 2 heterocycles. The first-order chi connectivity index (χ1) is 14.7. The van der Waals surface area contributed by atoms with E-state index in [0.717, 1.165) is 38.3 Å². The minimum atomic E-state index is -0.381. The van der Waals surface area contributed by atoms with Gasteiger partial charge in [-0.1, -0.05) is 54.1 Å². The molecule has 0 saturated carbocycles. The summed E-state index contributed by atoms with van der Waals surface area (Å²) < 4.78 is 14.8. The van der Waals surface area contributed by atoms with Crippen molar-refractivity contribution in [2.75, 3.05) is 0 Å². The standard InChI is InChI=1S/C26H25BClNO2/c1-25(2)26(3,4)31-27(30-25)20-12-15-23-19(16-20)17-24(18-10-13-21(28)14-11-18)29(23)22-8-6-5-7-9-22/h5-17H,1-4H3. The summed E-state index contributed by atoms with van der Waals surface area (Å²) in [6, 6.07) is 27.1. The first-order valence-corrected chi connectivity index (χ1v) is 11.0. The third-order valence-electron chi connectivity index (χ3n) is 6.51. The van der Waals surface area contributed by atoms with Gasteiger partial charge in [-0.25, -0.2) is 0 Å². The van der Waals surface area contributed by atoms with Crippen LogP contribution < -0.4 is 5.46 Å². The van der Waals surface area contributed by atoms with Crippen molar-refractivity contribution in [1.82, 2.24) is 4.57 Å². The first kappa shape index (κ1) is 20.4. The minimum absolute atomic E-state index is 0.364. The Morgan fingerprint density at radius 3 is 2.06 bits per heavy atom. The summed E-state index contributed by atoms with van der Waals surface area (Å²) in [6.07, 6.45) is 0. The van der Waals surface area contributed by atoms with Crippen LogP contribution in [0.5, 0.6) is 0 Å². The molecule has 3 nitrogen and oxygen atoms in total. The molecule has 0 unspecified atom stereocenters. The maximum Gasteiger partial charge on any atom is 0.494 e. The summed E-state index contributed by atoms with van der Waals surface area (Å²) in [6.45, 7) is 8.32. The fraction of sp³-hybridized carbons (Fsp3) is 0.231. The lowest BCUT2D eigenvalue weighted by molar-refractivity contribution is 0.00578. The van der Waals surface area contributed by atoms with Crippen LogP contribution in [0.3, 0.4) is 0 Å². The maximum absolute atomic E-state index is 6.27. The van der Waals surface area contributed by atoms with Crippen LogP contribution in [0.1, 0.15) is 27.7 Å². The number of hydrogen-bond acceptors (Lipinski definition) is 2. The molecule has 0 N–H and O–H groups in total. The Bertz CT molecular complexity index is 1230. The van der Waals surface area contributed by atoms with Crippen LogP contribution in [0.25, 0.3) is 27.8 Å². The second-order valence-corrected chi connectivity index (χ2v) is 9.55. The van der Waals surface area contributed by atoms with E-state index in [1.807, 2.05) is 18.2 Å². The van der Waals surface area contributed by atoms with Gasteiger partial charge in [-0.05, 0) is 75.1 Å². The smallest absolute Gasteiger partial charge is 0.399 e. The summed E-state index contributed by atoms with van der Waals surface area (Å²) in [7, 11) is -0.381. The Hall–Kier alpha value is -2.53. The monoisotopic (exact) mass is 429 g/mol. The fourth-order valence-electron chi connectivity index (χ4n) is 4.05. The van der Waals surface area contributed by atoms with Gasteiger partial charge in [0.25, 0.3) is 0 Å². The van der Waals surface area contributed by atoms with Crippen molar-refractivity contribution >= 4 is 35.1 Å². The lowest BCUT2D eigenvalue weighted by Gasteiger charge is -2.32. The normalized spacial score (nSPS) is 17.4. The Balaban J connectivity index is 1.66. The number of fused-ring (bicyclic) bond motifs is 1.